The SMILES string of the molecule is COCCOc1ccc(C(F)(F)F)cc1NC(=O)/C=C/c1cccc(OCc2csc(C)n2)c1. The first-order chi connectivity index (χ1) is 16.2. The van der Waals surface area contributed by atoms with Gasteiger partial charge in [-0.3, -0.25) is 4.79 Å². The molecule has 1 N–H and O–H groups in total. The number of ether oxygens (including phenoxy) is 3. The lowest BCUT2D eigenvalue weighted by Crippen LogP contribution is -2.13. The fraction of sp³-hybridized carbons (Fsp3) is 0.250. The van der Waals surface area contributed by atoms with Crippen LogP contribution >= 0.6 is 11.3 Å². The summed E-state index contributed by atoms with van der Waals surface area (Å²) in [6, 6.07) is 9.97. The molecule has 180 valence electrons. The van der Waals surface area contributed by atoms with Crippen molar-refractivity contribution in [3.63, 3.8) is 0 Å². The van der Waals surface area contributed by atoms with Crippen LogP contribution in [0.1, 0.15) is 21.8 Å². The zero-order valence-electron chi connectivity index (χ0n) is 18.5. The number of aromatic nitrogens is 1. The minimum Gasteiger partial charge on any atom is -0.489 e. The molecule has 1 heterocycles. The van der Waals surface area contributed by atoms with Gasteiger partial charge in [-0.15, -0.1) is 11.3 Å². The van der Waals surface area contributed by atoms with Gasteiger partial charge in [-0.05, 0) is 48.9 Å². The molecular weight excluding hydrogens is 469 g/mol. The van der Waals surface area contributed by atoms with Gasteiger partial charge >= 0.3 is 6.18 Å². The van der Waals surface area contributed by atoms with Crippen LogP contribution in [0.5, 0.6) is 11.5 Å². The number of benzene rings is 2. The molecule has 0 unspecified atom stereocenters. The first kappa shape index (κ1) is 25.3. The second kappa shape index (κ2) is 11.7. The molecule has 0 aliphatic heterocycles. The number of nitrogens with one attached hydrogen (secondary N) is 1. The van der Waals surface area contributed by atoms with Crippen molar-refractivity contribution in [3.8, 4) is 11.5 Å². The summed E-state index contributed by atoms with van der Waals surface area (Å²) in [7, 11) is 1.48. The van der Waals surface area contributed by atoms with Crippen molar-refractivity contribution in [2.75, 3.05) is 25.6 Å². The maximum Gasteiger partial charge on any atom is 0.416 e. The molecule has 3 rings (SSSR count). The predicted octanol–water partition coefficient (Wildman–Crippen LogP) is 5.73. The van der Waals surface area contributed by atoms with Gasteiger partial charge < -0.3 is 19.5 Å². The standard InChI is InChI=1S/C24H23F3N2O4S/c1-16-28-19(15-34-16)14-33-20-5-3-4-17(12-20)6-9-23(30)29-21-13-18(24(25,26)27)7-8-22(21)32-11-10-31-2/h3-9,12-13,15H,10-11,14H2,1-2H3,(H,29,30)/b9-6+. The van der Waals surface area contributed by atoms with Crippen LogP contribution in [0.15, 0.2) is 53.9 Å². The summed E-state index contributed by atoms with van der Waals surface area (Å²) in [6.07, 6.45) is -1.80. The number of rotatable bonds is 10. The van der Waals surface area contributed by atoms with Gasteiger partial charge in [0, 0.05) is 18.6 Å². The number of halogens is 3. The number of hydrogen-bond acceptors (Lipinski definition) is 6. The van der Waals surface area contributed by atoms with Gasteiger partial charge in [0.1, 0.15) is 24.7 Å². The molecule has 0 spiro atoms. The third-order valence-corrected chi connectivity index (χ3v) is 5.27. The minimum atomic E-state index is -4.56. The zero-order valence-corrected chi connectivity index (χ0v) is 19.3. The Kier molecular flexibility index (Phi) is 8.67. The van der Waals surface area contributed by atoms with Gasteiger partial charge in [-0.2, -0.15) is 13.2 Å². The Bertz CT molecular complexity index is 1150. The van der Waals surface area contributed by atoms with Crippen molar-refractivity contribution in [2.45, 2.75) is 19.7 Å². The number of amides is 1. The van der Waals surface area contributed by atoms with Crippen LogP contribution in [-0.2, 0) is 22.3 Å². The summed E-state index contributed by atoms with van der Waals surface area (Å²) >= 11 is 1.54. The summed E-state index contributed by atoms with van der Waals surface area (Å²) in [4.78, 5) is 16.8. The molecule has 0 saturated carbocycles. The van der Waals surface area contributed by atoms with Crippen molar-refractivity contribution >= 4 is 29.0 Å². The first-order valence-corrected chi connectivity index (χ1v) is 11.1. The van der Waals surface area contributed by atoms with E-state index in [2.05, 4.69) is 10.3 Å². The highest BCUT2D eigenvalue weighted by atomic mass is 32.1. The molecule has 0 saturated heterocycles. The number of methoxy groups -OCH3 is 1. The van der Waals surface area contributed by atoms with Gasteiger partial charge in [0.15, 0.2) is 0 Å². The van der Waals surface area contributed by atoms with Crippen molar-refractivity contribution in [1.82, 2.24) is 4.98 Å². The quantitative estimate of drug-likeness (QED) is 0.289. The summed E-state index contributed by atoms with van der Waals surface area (Å²) < 4.78 is 55.4. The Hall–Kier alpha value is -3.37. The number of anilines is 1. The highest BCUT2D eigenvalue weighted by molar-refractivity contribution is 7.09. The molecule has 0 aliphatic carbocycles. The molecule has 6 nitrogen and oxygen atoms in total. The number of nitrogens with zero attached hydrogens (tertiary/aromatic N) is 1. The van der Waals surface area contributed by atoms with Crippen LogP contribution in [0.4, 0.5) is 18.9 Å². The smallest absolute Gasteiger partial charge is 0.416 e. The lowest BCUT2D eigenvalue weighted by molar-refractivity contribution is -0.137. The highest BCUT2D eigenvalue weighted by Crippen LogP contribution is 2.35. The Morgan fingerprint density at radius 3 is 2.68 bits per heavy atom. The lowest BCUT2D eigenvalue weighted by Gasteiger charge is -2.14. The molecule has 1 aromatic heterocycles. The average Bonchev–Trinajstić information content (AvgIpc) is 3.22. The fourth-order valence-electron chi connectivity index (χ4n) is 2.85. The van der Waals surface area contributed by atoms with Crippen molar-refractivity contribution in [2.24, 2.45) is 0 Å². The lowest BCUT2D eigenvalue weighted by atomic mass is 10.1. The summed E-state index contributed by atoms with van der Waals surface area (Å²) in [5.74, 6) is 0.0968. The number of carbonyl (C=O) groups excluding carboxylic acids is 1. The van der Waals surface area contributed by atoms with E-state index in [1.165, 1.54) is 36.7 Å². The van der Waals surface area contributed by atoms with Crippen LogP contribution in [-0.4, -0.2) is 31.2 Å². The molecule has 1 amide bonds. The van der Waals surface area contributed by atoms with Crippen LogP contribution in [0.25, 0.3) is 6.08 Å². The number of thiazole rings is 1. The van der Waals surface area contributed by atoms with E-state index in [9.17, 15) is 18.0 Å². The molecule has 3 aromatic rings. The predicted molar refractivity (Wildman–Crippen MR) is 124 cm³/mol. The van der Waals surface area contributed by atoms with E-state index >= 15 is 0 Å². The number of carbonyl (C=O) groups is 1. The fourth-order valence-corrected chi connectivity index (χ4v) is 3.45. The number of hydrogen-bond donors (Lipinski definition) is 1. The van der Waals surface area contributed by atoms with Crippen LogP contribution in [0.3, 0.4) is 0 Å². The first-order valence-electron chi connectivity index (χ1n) is 10.2. The Labute approximate surface area is 199 Å². The topological polar surface area (TPSA) is 69.7 Å². The second-order valence-electron chi connectivity index (χ2n) is 7.09. The molecule has 0 bridgehead atoms. The highest BCUT2D eigenvalue weighted by Gasteiger charge is 2.31. The van der Waals surface area contributed by atoms with Crippen molar-refractivity contribution < 1.29 is 32.2 Å². The molecule has 0 atom stereocenters. The van der Waals surface area contributed by atoms with Crippen LogP contribution < -0.4 is 14.8 Å². The van der Waals surface area contributed by atoms with Gasteiger partial charge in [0.2, 0.25) is 5.91 Å². The molecule has 0 fully saturated rings. The van der Waals surface area contributed by atoms with E-state index in [4.69, 9.17) is 14.2 Å². The Morgan fingerprint density at radius 1 is 1.15 bits per heavy atom. The Balaban J connectivity index is 1.67. The summed E-state index contributed by atoms with van der Waals surface area (Å²) in [6.45, 7) is 2.60. The Morgan fingerprint density at radius 2 is 1.97 bits per heavy atom. The van der Waals surface area contributed by atoms with E-state index in [1.807, 2.05) is 12.3 Å². The number of alkyl halides is 3. The zero-order chi connectivity index (χ0) is 24.6. The van der Waals surface area contributed by atoms with Gasteiger partial charge in [0.25, 0.3) is 0 Å². The van der Waals surface area contributed by atoms with Gasteiger partial charge in [0.05, 0.1) is 28.6 Å². The molecular formula is C24H23F3N2O4S. The molecule has 10 heteroatoms. The van der Waals surface area contributed by atoms with E-state index < -0.39 is 17.6 Å². The van der Waals surface area contributed by atoms with E-state index in [0.717, 1.165) is 22.8 Å². The van der Waals surface area contributed by atoms with E-state index in [0.29, 0.717) is 17.9 Å². The normalized spacial score (nSPS) is 11.6. The van der Waals surface area contributed by atoms with Crippen LogP contribution in [0, 0.1) is 6.92 Å². The third-order valence-electron chi connectivity index (χ3n) is 4.45. The van der Waals surface area contributed by atoms with Crippen molar-refractivity contribution in [3.05, 3.63) is 75.7 Å². The monoisotopic (exact) mass is 492 g/mol. The third kappa shape index (κ3) is 7.60. The average molecular weight is 493 g/mol. The maximum absolute atomic E-state index is 13.1. The molecule has 0 aliphatic rings. The second-order valence-corrected chi connectivity index (χ2v) is 8.15. The summed E-state index contributed by atoms with van der Waals surface area (Å²) in [5.41, 5.74) is 0.525. The molecule has 0 radical (unpaired) electrons. The largest absolute Gasteiger partial charge is 0.489 e. The minimum absolute atomic E-state index is 0.0868. The maximum atomic E-state index is 13.1. The van der Waals surface area contributed by atoms with Gasteiger partial charge in [-0.1, -0.05) is 12.1 Å². The number of aryl methyl sites for hydroxylation is 1. The van der Waals surface area contributed by atoms with Crippen molar-refractivity contribution in [1.29, 1.82) is 0 Å². The molecule has 2 aromatic carbocycles. The van der Waals surface area contributed by atoms with Gasteiger partial charge in [-0.25, -0.2) is 4.98 Å². The van der Waals surface area contributed by atoms with E-state index in [1.54, 1.807) is 24.3 Å². The molecule has 34 heavy (non-hydrogen) atoms. The van der Waals surface area contributed by atoms with E-state index in [-0.39, 0.29) is 24.7 Å². The summed E-state index contributed by atoms with van der Waals surface area (Å²) in [5, 5.41) is 5.33. The van der Waals surface area contributed by atoms with Crippen LogP contribution in [0.2, 0.25) is 0 Å².